The number of hydrogen-bond donors (Lipinski definition) is 3. The Morgan fingerprint density at radius 3 is 2.35 bits per heavy atom. The standard InChI is InChI=1S/C42H53N5O9S/c1-8-28-23-42(28,39(50)46-57(52,53)25(2)3)45-37(48)34-21-30(24-47(34)38(49)36(27-16-12-13-17-27)44-40(51)56-41(4,5)6)55-35-22-32(26-14-10-9-11-15-26)43-33-20-29(54-7)18-19-31(33)35/h8-11,14-15,18-20,22,25,27-28,30,34,36H,1,12-13,16-17,21,23-24H2,2-7H3,(H,44,51)(H,45,48)(H,46,50)/t28?,30-,34+,36+,42-/m1/s1. The summed E-state index contributed by atoms with van der Waals surface area (Å²) in [7, 11) is -2.45. The minimum atomic E-state index is -4.02. The fourth-order valence-corrected chi connectivity index (χ4v) is 8.35. The van der Waals surface area contributed by atoms with Crippen molar-refractivity contribution in [2.75, 3.05) is 13.7 Å². The molecule has 2 heterocycles. The van der Waals surface area contributed by atoms with Gasteiger partial charge < -0.3 is 29.7 Å². The Bertz CT molecular complexity index is 2130. The minimum absolute atomic E-state index is 0.0252. The van der Waals surface area contributed by atoms with Gasteiger partial charge in [-0.15, -0.1) is 6.58 Å². The highest BCUT2D eigenvalue weighted by Gasteiger charge is 2.61. The van der Waals surface area contributed by atoms with Crippen LogP contribution in [-0.4, -0.2) is 90.3 Å². The highest BCUT2D eigenvalue weighted by atomic mass is 32.2. The van der Waals surface area contributed by atoms with Crippen LogP contribution in [0.1, 0.15) is 73.1 Å². The van der Waals surface area contributed by atoms with Crippen molar-refractivity contribution in [3.63, 3.8) is 0 Å². The fraction of sp³-hybridized carbons (Fsp3) is 0.500. The van der Waals surface area contributed by atoms with E-state index < -0.39 is 74.3 Å². The lowest BCUT2D eigenvalue weighted by Crippen LogP contribution is -2.59. The van der Waals surface area contributed by atoms with Crippen LogP contribution in [0.15, 0.2) is 67.3 Å². The number of benzene rings is 2. The summed E-state index contributed by atoms with van der Waals surface area (Å²) in [5.41, 5.74) is -0.295. The van der Waals surface area contributed by atoms with Gasteiger partial charge >= 0.3 is 6.09 Å². The lowest BCUT2D eigenvalue weighted by molar-refractivity contribution is -0.142. The maximum atomic E-state index is 14.8. The molecular formula is C42H53N5O9S. The number of alkyl carbamates (subject to hydrolysis) is 1. The molecule has 4 amide bonds. The second kappa shape index (κ2) is 16.4. The van der Waals surface area contributed by atoms with Crippen LogP contribution in [0.5, 0.6) is 11.5 Å². The quantitative estimate of drug-likeness (QED) is 0.193. The van der Waals surface area contributed by atoms with Gasteiger partial charge in [0.2, 0.25) is 21.8 Å². The number of likely N-dealkylation sites (tertiary alicyclic amines) is 1. The first-order valence-electron chi connectivity index (χ1n) is 19.5. The van der Waals surface area contributed by atoms with E-state index in [0.717, 1.165) is 18.4 Å². The van der Waals surface area contributed by atoms with E-state index in [1.54, 1.807) is 40.0 Å². The van der Waals surface area contributed by atoms with Crippen molar-refractivity contribution >= 4 is 44.7 Å². The van der Waals surface area contributed by atoms with Crippen LogP contribution in [0, 0.1) is 11.8 Å². The predicted octanol–water partition coefficient (Wildman–Crippen LogP) is 5.26. The minimum Gasteiger partial charge on any atom is -0.497 e. The topological polar surface area (TPSA) is 182 Å². The van der Waals surface area contributed by atoms with Crippen LogP contribution in [0.25, 0.3) is 22.2 Å². The number of nitrogens with one attached hydrogen (secondary N) is 3. The zero-order chi connectivity index (χ0) is 41.3. The summed E-state index contributed by atoms with van der Waals surface area (Å²) in [5, 5.41) is 5.43. The van der Waals surface area contributed by atoms with E-state index >= 15 is 0 Å². The zero-order valence-corrected chi connectivity index (χ0v) is 34.2. The third-order valence-corrected chi connectivity index (χ3v) is 12.6. The van der Waals surface area contributed by atoms with E-state index in [9.17, 15) is 27.6 Å². The SMILES string of the molecule is C=CC1C[C@]1(NC(=O)[C@@H]1C[C@@H](Oc2cc(-c3ccccc3)nc3cc(OC)ccc23)CN1C(=O)[C@@H](NC(=O)OC(C)(C)C)C1CCCC1)C(=O)NS(=O)(=O)C(C)C. The number of aromatic nitrogens is 1. The van der Waals surface area contributed by atoms with Crippen molar-refractivity contribution in [3.05, 3.63) is 67.3 Å². The molecule has 14 nitrogen and oxygen atoms in total. The van der Waals surface area contributed by atoms with Crippen LogP contribution in [0.2, 0.25) is 0 Å². The van der Waals surface area contributed by atoms with Gasteiger partial charge in [0.25, 0.3) is 5.91 Å². The number of rotatable bonds is 13. The van der Waals surface area contributed by atoms with Gasteiger partial charge in [-0.05, 0) is 71.9 Å². The van der Waals surface area contributed by atoms with Crippen LogP contribution < -0.4 is 24.8 Å². The molecule has 1 aliphatic heterocycles. The number of hydrogen-bond acceptors (Lipinski definition) is 10. The summed E-state index contributed by atoms with van der Waals surface area (Å²) in [6, 6.07) is 14.7. The third kappa shape index (κ3) is 9.19. The Kier molecular flexibility index (Phi) is 11.9. The first kappa shape index (κ1) is 41.5. The van der Waals surface area contributed by atoms with Crippen molar-refractivity contribution in [1.82, 2.24) is 25.2 Å². The summed E-state index contributed by atoms with van der Waals surface area (Å²) in [5.74, 6) is -1.68. The van der Waals surface area contributed by atoms with Crippen molar-refractivity contribution in [3.8, 4) is 22.8 Å². The third-order valence-electron chi connectivity index (χ3n) is 10.9. The van der Waals surface area contributed by atoms with Crippen molar-refractivity contribution < 1.29 is 41.8 Å². The van der Waals surface area contributed by atoms with Gasteiger partial charge in [0.15, 0.2) is 0 Å². The number of fused-ring (bicyclic) bond motifs is 1. The Morgan fingerprint density at radius 1 is 1.04 bits per heavy atom. The molecule has 5 atom stereocenters. The van der Waals surface area contributed by atoms with Gasteiger partial charge in [-0.25, -0.2) is 18.2 Å². The predicted molar refractivity (Wildman–Crippen MR) is 215 cm³/mol. The molecule has 0 spiro atoms. The molecule has 1 saturated heterocycles. The average molecular weight is 804 g/mol. The van der Waals surface area contributed by atoms with Gasteiger partial charge in [-0.3, -0.25) is 19.1 Å². The number of methoxy groups -OCH3 is 1. The summed E-state index contributed by atoms with van der Waals surface area (Å²) < 4.78 is 45.4. The van der Waals surface area contributed by atoms with E-state index in [1.165, 1.54) is 24.8 Å². The molecule has 6 rings (SSSR count). The lowest BCUT2D eigenvalue weighted by Gasteiger charge is -2.32. The number of nitrogens with zero attached hydrogens (tertiary/aromatic N) is 2. The monoisotopic (exact) mass is 803 g/mol. The number of sulfonamides is 1. The first-order chi connectivity index (χ1) is 26.9. The Hall–Kier alpha value is -5.18. The van der Waals surface area contributed by atoms with Crippen LogP contribution in [-0.2, 0) is 29.1 Å². The number of carbonyl (C=O) groups is 4. The molecule has 15 heteroatoms. The van der Waals surface area contributed by atoms with Gasteiger partial charge in [0.05, 0.1) is 30.1 Å². The maximum absolute atomic E-state index is 14.8. The molecule has 3 aromatic rings. The Labute approximate surface area is 334 Å². The molecule has 1 aromatic heterocycles. The highest BCUT2D eigenvalue weighted by Crippen LogP contribution is 2.45. The largest absolute Gasteiger partial charge is 0.497 e. The molecule has 3 fully saturated rings. The number of ether oxygens (including phenoxy) is 3. The normalized spacial score (nSPS) is 22.8. The summed E-state index contributed by atoms with van der Waals surface area (Å²) in [6.07, 6.45) is 3.34. The van der Waals surface area contributed by atoms with Gasteiger partial charge in [0, 0.05) is 35.4 Å². The molecule has 1 unspecified atom stereocenters. The molecule has 2 saturated carbocycles. The van der Waals surface area contributed by atoms with Gasteiger partial charge in [0.1, 0.15) is 40.8 Å². The second-order valence-electron chi connectivity index (χ2n) is 16.4. The maximum Gasteiger partial charge on any atom is 0.408 e. The smallest absolute Gasteiger partial charge is 0.408 e. The van der Waals surface area contributed by atoms with E-state index in [4.69, 9.17) is 19.2 Å². The fourth-order valence-electron chi connectivity index (χ4n) is 7.67. The molecule has 3 aliphatic rings. The Balaban J connectivity index is 1.35. The summed E-state index contributed by atoms with van der Waals surface area (Å²) in [6.45, 7) is 11.9. The van der Waals surface area contributed by atoms with Crippen molar-refractivity contribution in [2.24, 2.45) is 11.8 Å². The Morgan fingerprint density at radius 2 is 1.74 bits per heavy atom. The molecule has 2 aliphatic carbocycles. The molecular weight excluding hydrogens is 751 g/mol. The number of carbonyl (C=O) groups excluding carboxylic acids is 4. The van der Waals surface area contributed by atoms with Crippen LogP contribution in [0.3, 0.4) is 0 Å². The zero-order valence-electron chi connectivity index (χ0n) is 33.4. The number of pyridine rings is 1. The lowest BCUT2D eigenvalue weighted by atomic mass is 9.96. The first-order valence-corrected chi connectivity index (χ1v) is 21.0. The van der Waals surface area contributed by atoms with Crippen LogP contribution in [0.4, 0.5) is 4.79 Å². The summed E-state index contributed by atoms with van der Waals surface area (Å²) in [4.78, 5) is 62.3. The van der Waals surface area contributed by atoms with E-state index in [2.05, 4.69) is 21.9 Å². The second-order valence-corrected chi connectivity index (χ2v) is 18.7. The van der Waals surface area contributed by atoms with E-state index in [-0.39, 0.29) is 25.3 Å². The van der Waals surface area contributed by atoms with Crippen molar-refractivity contribution in [1.29, 1.82) is 0 Å². The van der Waals surface area contributed by atoms with Gasteiger partial charge in [-0.1, -0.05) is 49.2 Å². The highest BCUT2D eigenvalue weighted by molar-refractivity contribution is 7.90. The molecule has 57 heavy (non-hydrogen) atoms. The molecule has 306 valence electrons. The van der Waals surface area contributed by atoms with E-state index in [1.807, 2.05) is 42.5 Å². The molecule has 0 radical (unpaired) electrons. The average Bonchev–Trinajstić information content (AvgIpc) is 3.44. The molecule has 0 bridgehead atoms. The summed E-state index contributed by atoms with van der Waals surface area (Å²) >= 11 is 0. The van der Waals surface area contributed by atoms with E-state index in [0.29, 0.717) is 40.9 Å². The number of amides is 4. The van der Waals surface area contributed by atoms with Crippen LogP contribution >= 0.6 is 0 Å². The van der Waals surface area contributed by atoms with Gasteiger partial charge in [-0.2, -0.15) is 0 Å². The molecule has 3 N–H and O–H groups in total. The molecule has 2 aromatic carbocycles. The van der Waals surface area contributed by atoms with Crippen molar-refractivity contribution in [2.45, 2.75) is 108 Å².